The Bertz CT molecular complexity index is 242. The Kier molecular flexibility index (Phi) is 8.13. The molecule has 0 heterocycles. The fourth-order valence-corrected chi connectivity index (χ4v) is 1.42. The number of hydrogen-bond acceptors (Lipinski definition) is 3. The van der Waals surface area contributed by atoms with Gasteiger partial charge >= 0.3 is 12.0 Å². The maximum Gasteiger partial charge on any atom is 0.326 e. The number of aliphatic carboxylic acids is 1. The van der Waals surface area contributed by atoms with Crippen LogP contribution >= 0.6 is 0 Å². The van der Waals surface area contributed by atoms with Crippen molar-refractivity contribution in [1.29, 1.82) is 0 Å². The van der Waals surface area contributed by atoms with Crippen LogP contribution in [0.15, 0.2) is 0 Å². The van der Waals surface area contributed by atoms with Gasteiger partial charge in [0.1, 0.15) is 6.04 Å². The molecule has 0 aliphatic heterocycles. The van der Waals surface area contributed by atoms with Gasteiger partial charge < -0.3 is 20.6 Å². The van der Waals surface area contributed by atoms with E-state index < -0.39 is 18.0 Å². The molecule has 0 saturated carbocycles. The van der Waals surface area contributed by atoms with Gasteiger partial charge in [0.05, 0.1) is 0 Å². The molecule has 0 aliphatic carbocycles. The van der Waals surface area contributed by atoms with Crippen LogP contribution in [0.2, 0.25) is 0 Å². The van der Waals surface area contributed by atoms with Gasteiger partial charge in [0.2, 0.25) is 0 Å². The number of hydrogen-bond donors (Lipinski definition) is 3. The van der Waals surface area contributed by atoms with Gasteiger partial charge in [-0.25, -0.2) is 9.59 Å². The standard InChI is InChI=1S/C11H23N3O3/c1-4-9(10(15)16)13-11(17)12-7-8-14(5-2)6-3/h9H,4-8H2,1-3H3,(H,15,16)(H2,12,13,17)/t9-/m1/s1. The molecule has 0 fully saturated rings. The van der Waals surface area contributed by atoms with Crippen LogP contribution in [0.1, 0.15) is 27.2 Å². The smallest absolute Gasteiger partial charge is 0.326 e. The molecule has 6 nitrogen and oxygen atoms in total. The molecule has 0 rings (SSSR count). The van der Waals surface area contributed by atoms with Crippen molar-refractivity contribution in [2.45, 2.75) is 33.2 Å². The van der Waals surface area contributed by atoms with Gasteiger partial charge in [0.15, 0.2) is 0 Å². The lowest BCUT2D eigenvalue weighted by Crippen LogP contribution is -2.47. The molecule has 17 heavy (non-hydrogen) atoms. The number of rotatable bonds is 8. The minimum Gasteiger partial charge on any atom is -0.480 e. The SMILES string of the molecule is CC[C@@H](NC(=O)NCCN(CC)CC)C(=O)O. The van der Waals surface area contributed by atoms with Crippen LogP contribution in [-0.4, -0.2) is 54.2 Å². The molecule has 0 spiro atoms. The minimum atomic E-state index is -1.01. The quantitative estimate of drug-likeness (QED) is 0.581. The normalized spacial score (nSPS) is 12.2. The second kappa shape index (κ2) is 8.81. The highest BCUT2D eigenvalue weighted by molar-refractivity contribution is 5.82. The van der Waals surface area contributed by atoms with Crippen LogP contribution in [0, 0.1) is 0 Å². The summed E-state index contributed by atoms with van der Waals surface area (Å²) in [5, 5.41) is 13.8. The molecular formula is C11H23N3O3. The summed E-state index contributed by atoms with van der Waals surface area (Å²) in [6, 6.07) is -1.24. The lowest BCUT2D eigenvalue weighted by Gasteiger charge is -2.18. The van der Waals surface area contributed by atoms with Crippen LogP contribution in [-0.2, 0) is 4.79 Å². The van der Waals surface area contributed by atoms with Crippen LogP contribution in [0.5, 0.6) is 0 Å². The van der Waals surface area contributed by atoms with Crippen LogP contribution in [0.4, 0.5) is 4.79 Å². The monoisotopic (exact) mass is 245 g/mol. The molecule has 2 amide bonds. The Morgan fingerprint density at radius 1 is 1.24 bits per heavy atom. The number of nitrogens with one attached hydrogen (secondary N) is 2. The van der Waals surface area contributed by atoms with E-state index in [-0.39, 0.29) is 0 Å². The minimum absolute atomic E-state index is 0.374. The van der Waals surface area contributed by atoms with E-state index >= 15 is 0 Å². The van der Waals surface area contributed by atoms with E-state index in [2.05, 4.69) is 29.4 Å². The molecule has 0 aromatic heterocycles. The predicted octanol–water partition coefficient (Wildman–Crippen LogP) is 0.491. The van der Waals surface area contributed by atoms with Crippen molar-refractivity contribution < 1.29 is 14.7 Å². The van der Waals surface area contributed by atoms with E-state index in [1.54, 1.807) is 6.92 Å². The molecule has 6 heteroatoms. The van der Waals surface area contributed by atoms with Gasteiger partial charge in [-0.1, -0.05) is 20.8 Å². The first-order valence-corrected chi connectivity index (χ1v) is 6.04. The number of carboxylic acid groups (broad SMARTS) is 1. The topological polar surface area (TPSA) is 81.7 Å². The van der Waals surface area contributed by atoms with Gasteiger partial charge in [-0.3, -0.25) is 0 Å². The number of likely N-dealkylation sites (N-methyl/N-ethyl adjacent to an activating group) is 1. The van der Waals surface area contributed by atoms with E-state index in [4.69, 9.17) is 5.11 Å². The zero-order valence-electron chi connectivity index (χ0n) is 10.8. The summed E-state index contributed by atoms with van der Waals surface area (Å²) in [4.78, 5) is 24.2. The molecule has 100 valence electrons. The first kappa shape index (κ1) is 15.7. The van der Waals surface area contributed by atoms with Gasteiger partial charge in [0, 0.05) is 13.1 Å². The highest BCUT2D eigenvalue weighted by Gasteiger charge is 2.16. The van der Waals surface area contributed by atoms with E-state index in [1.807, 2.05) is 0 Å². The van der Waals surface area contributed by atoms with Gasteiger partial charge in [-0.2, -0.15) is 0 Å². The Balaban J connectivity index is 3.83. The second-order valence-electron chi connectivity index (χ2n) is 3.73. The maximum atomic E-state index is 11.4. The second-order valence-corrected chi connectivity index (χ2v) is 3.73. The zero-order valence-corrected chi connectivity index (χ0v) is 10.8. The Morgan fingerprint density at radius 2 is 1.82 bits per heavy atom. The van der Waals surface area contributed by atoms with Crippen LogP contribution in [0.25, 0.3) is 0 Å². The summed E-state index contributed by atoms with van der Waals surface area (Å²) in [5.41, 5.74) is 0. The van der Waals surface area contributed by atoms with Gasteiger partial charge in [-0.15, -0.1) is 0 Å². The largest absolute Gasteiger partial charge is 0.480 e. The van der Waals surface area contributed by atoms with E-state index in [0.29, 0.717) is 13.0 Å². The molecule has 0 aliphatic rings. The molecule has 0 saturated heterocycles. The van der Waals surface area contributed by atoms with Crippen LogP contribution in [0.3, 0.4) is 0 Å². The fourth-order valence-electron chi connectivity index (χ4n) is 1.42. The van der Waals surface area contributed by atoms with Crippen molar-refractivity contribution in [1.82, 2.24) is 15.5 Å². The summed E-state index contributed by atoms with van der Waals surface area (Å²) < 4.78 is 0. The van der Waals surface area contributed by atoms with E-state index in [1.165, 1.54) is 0 Å². The molecule has 0 aromatic rings. The lowest BCUT2D eigenvalue weighted by atomic mass is 10.2. The maximum absolute atomic E-state index is 11.4. The van der Waals surface area contributed by atoms with E-state index in [0.717, 1.165) is 19.6 Å². The third-order valence-corrected chi connectivity index (χ3v) is 2.62. The summed E-state index contributed by atoms with van der Waals surface area (Å²) in [7, 11) is 0. The number of nitrogens with zero attached hydrogens (tertiary/aromatic N) is 1. The molecule has 0 radical (unpaired) electrons. The van der Waals surface area contributed by atoms with Crippen molar-refractivity contribution in [2.24, 2.45) is 0 Å². The third kappa shape index (κ3) is 6.78. The summed E-state index contributed by atoms with van der Waals surface area (Å²) in [6.45, 7) is 8.99. The number of urea groups is 1. The van der Waals surface area contributed by atoms with Crippen molar-refractivity contribution in [2.75, 3.05) is 26.2 Å². The Labute approximate surface area is 102 Å². The van der Waals surface area contributed by atoms with Crippen molar-refractivity contribution in [3.05, 3.63) is 0 Å². The van der Waals surface area contributed by atoms with Gasteiger partial charge in [0.25, 0.3) is 0 Å². The van der Waals surface area contributed by atoms with Crippen molar-refractivity contribution in [3.8, 4) is 0 Å². The molecule has 0 aromatic carbocycles. The van der Waals surface area contributed by atoms with E-state index in [9.17, 15) is 9.59 Å². The zero-order chi connectivity index (χ0) is 13.3. The van der Waals surface area contributed by atoms with Crippen molar-refractivity contribution >= 4 is 12.0 Å². The summed E-state index contributed by atoms with van der Waals surface area (Å²) in [5.74, 6) is -1.01. The summed E-state index contributed by atoms with van der Waals surface area (Å²) in [6.07, 6.45) is 0.374. The molecule has 3 N–H and O–H groups in total. The van der Waals surface area contributed by atoms with Crippen LogP contribution < -0.4 is 10.6 Å². The first-order valence-electron chi connectivity index (χ1n) is 6.04. The highest BCUT2D eigenvalue weighted by Crippen LogP contribution is 1.90. The number of carbonyl (C=O) groups is 2. The highest BCUT2D eigenvalue weighted by atomic mass is 16.4. The number of carbonyl (C=O) groups excluding carboxylic acids is 1. The Morgan fingerprint density at radius 3 is 2.24 bits per heavy atom. The first-order chi connectivity index (χ1) is 8.04. The molecular weight excluding hydrogens is 222 g/mol. The lowest BCUT2D eigenvalue weighted by molar-refractivity contribution is -0.139. The molecule has 0 bridgehead atoms. The number of carboxylic acids is 1. The fraction of sp³-hybridized carbons (Fsp3) is 0.818. The third-order valence-electron chi connectivity index (χ3n) is 2.62. The summed E-state index contributed by atoms with van der Waals surface area (Å²) >= 11 is 0. The average Bonchev–Trinajstić information content (AvgIpc) is 2.31. The average molecular weight is 245 g/mol. The number of amides is 2. The Hall–Kier alpha value is -1.30. The predicted molar refractivity (Wildman–Crippen MR) is 66.0 cm³/mol. The van der Waals surface area contributed by atoms with Gasteiger partial charge in [-0.05, 0) is 19.5 Å². The molecule has 1 atom stereocenters. The van der Waals surface area contributed by atoms with Crippen molar-refractivity contribution in [3.63, 3.8) is 0 Å². The molecule has 0 unspecified atom stereocenters.